The summed E-state index contributed by atoms with van der Waals surface area (Å²) in [7, 11) is -2.63. The molecule has 2 aliphatic carbocycles. The van der Waals surface area contributed by atoms with Gasteiger partial charge in [-0.25, -0.2) is 0 Å². The zero-order chi connectivity index (χ0) is 24.9. The van der Waals surface area contributed by atoms with Gasteiger partial charge in [-0.05, 0) is 33.7 Å². The number of rotatable bonds is 5. The van der Waals surface area contributed by atoms with E-state index < -0.39 is 14.1 Å². The monoisotopic (exact) mass is 494 g/mol. The summed E-state index contributed by atoms with van der Waals surface area (Å²) in [5.74, 6) is 0.423. The predicted molar refractivity (Wildman–Crippen MR) is 142 cm³/mol. The molecule has 1 spiro atoms. The summed E-state index contributed by atoms with van der Waals surface area (Å²) in [5, 5.41) is 13.7. The van der Waals surface area contributed by atoms with Crippen LogP contribution in [-0.2, 0) is 13.9 Å². The van der Waals surface area contributed by atoms with Gasteiger partial charge in [-0.15, -0.1) is 0 Å². The normalized spacial score (nSPS) is 29.9. The average molecular weight is 495 g/mol. The molecule has 0 bridgehead atoms. The zero-order valence-corrected chi connectivity index (χ0v) is 23.0. The Morgan fingerprint density at radius 1 is 0.914 bits per heavy atom. The van der Waals surface area contributed by atoms with Crippen LogP contribution in [0.25, 0.3) is 0 Å². The number of hydrogen-bond acceptors (Lipinski definition) is 4. The first-order valence-electron chi connectivity index (χ1n) is 13.3. The molecule has 35 heavy (non-hydrogen) atoms. The maximum atomic E-state index is 11.2. The third kappa shape index (κ3) is 4.55. The lowest BCUT2D eigenvalue weighted by Crippen LogP contribution is -2.67. The Labute approximate surface area is 212 Å². The molecule has 4 atom stereocenters. The van der Waals surface area contributed by atoms with Gasteiger partial charge in [0.15, 0.2) is 5.79 Å². The van der Waals surface area contributed by atoms with Gasteiger partial charge in [-0.3, -0.25) is 0 Å². The molecular weight excluding hydrogens is 452 g/mol. The minimum atomic E-state index is -2.63. The molecule has 190 valence electrons. The van der Waals surface area contributed by atoms with Crippen LogP contribution in [0, 0.1) is 23.2 Å². The van der Waals surface area contributed by atoms with Crippen molar-refractivity contribution in [3.8, 4) is 0 Å². The van der Waals surface area contributed by atoms with Crippen LogP contribution < -0.4 is 10.4 Å². The van der Waals surface area contributed by atoms with Crippen LogP contribution in [0.5, 0.6) is 0 Å². The van der Waals surface area contributed by atoms with Crippen LogP contribution in [-0.4, -0.2) is 45.1 Å². The van der Waals surface area contributed by atoms with Gasteiger partial charge in [0.25, 0.3) is 8.32 Å². The third-order valence-electron chi connectivity index (χ3n) is 8.67. The number of benzene rings is 2. The largest absolute Gasteiger partial charge is 0.407 e. The predicted octanol–water partition coefficient (Wildman–Crippen LogP) is 4.74. The molecule has 1 N–H and O–H groups in total. The fraction of sp³-hybridized carbons (Fsp3) is 0.600. The maximum absolute atomic E-state index is 11.2. The first-order valence-corrected chi connectivity index (χ1v) is 15.2. The molecule has 5 heteroatoms. The van der Waals surface area contributed by atoms with Gasteiger partial charge in [0, 0.05) is 30.8 Å². The second-order valence-corrected chi connectivity index (χ2v) is 17.2. The minimum absolute atomic E-state index is 0.0637. The molecule has 0 aromatic heterocycles. The van der Waals surface area contributed by atoms with Crippen LogP contribution in [0.1, 0.15) is 53.9 Å². The van der Waals surface area contributed by atoms with Crippen LogP contribution in [0.3, 0.4) is 0 Å². The summed E-state index contributed by atoms with van der Waals surface area (Å²) < 4.78 is 20.0. The maximum Gasteiger partial charge on any atom is 0.261 e. The lowest BCUT2D eigenvalue weighted by molar-refractivity contribution is -0.298. The fourth-order valence-corrected chi connectivity index (χ4v) is 11.5. The van der Waals surface area contributed by atoms with Gasteiger partial charge in [-0.2, -0.15) is 0 Å². The van der Waals surface area contributed by atoms with E-state index in [4.69, 9.17) is 13.9 Å². The molecule has 2 saturated carbocycles. The summed E-state index contributed by atoms with van der Waals surface area (Å²) in [6.45, 7) is 13.4. The summed E-state index contributed by atoms with van der Waals surface area (Å²) >= 11 is 0. The van der Waals surface area contributed by atoms with E-state index >= 15 is 0 Å². The Morgan fingerprint density at radius 3 is 1.97 bits per heavy atom. The highest BCUT2D eigenvalue weighted by Gasteiger charge is 2.58. The highest BCUT2D eigenvalue weighted by molar-refractivity contribution is 6.99. The third-order valence-corrected chi connectivity index (χ3v) is 13.7. The summed E-state index contributed by atoms with van der Waals surface area (Å²) in [6.07, 6.45) is 2.23. The topological polar surface area (TPSA) is 47.9 Å². The molecule has 2 aromatic rings. The first-order chi connectivity index (χ1) is 16.6. The van der Waals surface area contributed by atoms with Crippen molar-refractivity contribution in [2.45, 2.75) is 70.8 Å². The number of ether oxygens (including phenoxy) is 2. The van der Waals surface area contributed by atoms with Crippen molar-refractivity contribution in [3.05, 3.63) is 60.7 Å². The van der Waals surface area contributed by atoms with Crippen LogP contribution >= 0.6 is 0 Å². The summed E-state index contributed by atoms with van der Waals surface area (Å²) in [6, 6.07) is 21.6. The van der Waals surface area contributed by atoms with Crippen molar-refractivity contribution < 1.29 is 19.0 Å². The van der Waals surface area contributed by atoms with E-state index in [-0.39, 0.29) is 22.5 Å². The van der Waals surface area contributed by atoms with E-state index in [1.54, 1.807) is 0 Å². The molecule has 3 fully saturated rings. The zero-order valence-electron chi connectivity index (χ0n) is 22.0. The summed E-state index contributed by atoms with van der Waals surface area (Å²) in [4.78, 5) is 0. The Balaban J connectivity index is 1.42. The number of hydrogen-bond donors (Lipinski definition) is 1. The molecule has 1 heterocycles. The molecule has 4 nitrogen and oxygen atoms in total. The van der Waals surface area contributed by atoms with E-state index in [0.29, 0.717) is 18.4 Å². The van der Waals surface area contributed by atoms with Crippen molar-refractivity contribution in [2.24, 2.45) is 23.2 Å². The van der Waals surface area contributed by atoms with E-state index in [9.17, 15) is 5.11 Å². The molecule has 1 saturated heterocycles. The van der Waals surface area contributed by atoms with Crippen molar-refractivity contribution in [1.82, 2.24) is 0 Å². The first kappa shape index (κ1) is 25.2. The fourth-order valence-electron chi connectivity index (χ4n) is 6.88. The lowest BCUT2D eigenvalue weighted by Gasteiger charge is -2.44. The van der Waals surface area contributed by atoms with Crippen LogP contribution in [0.2, 0.25) is 5.04 Å². The Morgan fingerprint density at radius 2 is 1.46 bits per heavy atom. The van der Waals surface area contributed by atoms with Gasteiger partial charge in [-0.1, -0.05) is 95.3 Å². The SMILES string of the molecule is CC1(C)COC2(C[C@H]3C[C@@H](O)[C@H](CO[Si](c4ccccc4)(c4ccccc4)C(C)(C)C)[C@H]3C2)OC1. The van der Waals surface area contributed by atoms with Gasteiger partial charge in [0.1, 0.15) is 0 Å². The van der Waals surface area contributed by atoms with Gasteiger partial charge in [0.2, 0.25) is 0 Å². The van der Waals surface area contributed by atoms with E-state index in [1.807, 2.05) is 0 Å². The molecule has 1 aliphatic heterocycles. The molecule has 0 unspecified atom stereocenters. The average Bonchev–Trinajstić information content (AvgIpc) is 3.30. The molecule has 3 aliphatic rings. The smallest absolute Gasteiger partial charge is 0.261 e. The highest BCUT2D eigenvalue weighted by Crippen LogP contribution is 2.55. The van der Waals surface area contributed by atoms with Crippen molar-refractivity contribution in [2.75, 3.05) is 19.8 Å². The molecular formula is C30H42O4Si. The van der Waals surface area contributed by atoms with Crippen molar-refractivity contribution >= 4 is 18.7 Å². The molecule has 5 rings (SSSR count). The quantitative estimate of drug-likeness (QED) is 0.610. The van der Waals surface area contributed by atoms with Gasteiger partial charge >= 0.3 is 0 Å². The van der Waals surface area contributed by atoms with E-state index in [0.717, 1.165) is 32.5 Å². The number of aliphatic hydroxyl groups is 1. The standard InChI is InChI=1S/C30H42O4Si/c1-28(2,3)35(23-12-8-6-9-13-23,24-14-10-7-11-15-24)34-19-26-25-18-30(17-22(25)16-27(26)31)32-20-29(4,5)21-33-30/h6-15,22,25-27,31H,16-21H2,1-5H3/t22-,25+,26-,27-/m1/s1. The Kier molecular flexibility index (Phi) is 6.55. The summed E-state index contributed by atoms with van der Waals surface area (Å²) in [5.41, 5.74) is 0.0637. The number of aliphatic hydroxyl groups excluding tert-OH is 1. The molecule has 0 amide bonds. The van der Waals surface area contributed by atoms with Crippen molar-refractivity contribution in [3.63, 3.8) is 0 Å². The minimum Gasteiger partial charge on any atom is -0.407 e. The second kappa shape index (κ2) is 9.11. The Bertz CT molecular complexity index is 951. The van der Waals surface area contributed by atoms with Crippen LogP contribution in [0.15, 0.2) is 60.7 Å². The van der Waals surface area contributed by atoms with Crippen molar-refractivity contribution in [1.29, 1.82) is 0 Å². The Hall–Kier alpha value is -1.50. The molecule has 0 radical (unpaired) electrons. The number of fused-ring (bicyclic) bond motifs is 1. The van der Waals surface area contributed by atoms with E-state index in [1.165, 1.54) is 10.4 Å². The van der Waals surface area contributed by atoms with Gasteiger partial charge in [0.05, 0.1) is 19.3 Å². The second-order valence-electron chi connectivity index (χ2n) is 12.9. The highest BCUT2D eigenvalue weighted by atomic mass is 28.4. The molecule has 2 aromatic carbocycles. The van der Waals surface area contributed by atoms with E-state index in [2.05, 4.69) is 95.3 Å². The lowest BCUT2D eigenvalue weighted by atomic mass is 9.91. The van der Waals surface area contributed by atoms with Crippen LogP contribution in [0.4, 0.5) is 0 Å². The van der Waals surface area contributed by atoms with Gasteiger partial charge < -0.3 is 19.0 Å².